The fraction of sp³-hybridized carbons (Fsp3) is 0.435. The Balaban J connectivity index is 1.67. The van der Waals surface area contributed by atoms with Gasteiger partial charge in [0.2, 0.25) is 5.91 Å². The van der Waals surface area contributed by atoms with E-state index in [2.05, 4.69) is 48.1 Å². The molecule has 0 bridgehead atoms. The molecule has 2 aromatic carbocycles. The molecule has 150 valence electrons. The number of hydrogen-bond donors (Lipinski definition) is 1. The standard InChI is InChI=1S/C23H31N3O2/c1-17(2)22(18-5-11-21(28-4)12-6-18)23(27)24-19-7-9-20(10-8-19)26-15-13-25(3)14-16-26/h5-12,17,22H,13-16H2,1-4H3,(H,24,27). The molecule has 5 heteroatoms. The molecule has 1 fully saturated rings. The van der Waals surface area contributed by atoms with Crippen LogP contribution in [0.1, 0.15) is 25.3 Å². The zero-order valence-electron chi connectivity index (χ0n) is 17.3. The minimum absolute atomic E-state index is 0.0208. The summed E-state index contributed by atoms with van der Waals surface area (Å²) in [6.45, 7) is 8.38. The predicted octanol–water partition coefficient (Wildman–Crippen LogP) is 3.83. The lowest BCUT2D eigenvalue weighted by molar-refractivity contribution is -0.118. The van der Waals surface area contributed by atoms with Gasteiger partial charge in [-0.25, -0.2) is 0 Å². The van der Waals surface area contributed by atoms with Gasteiger partial charge in [0, 0.05) is 37.6 Å². The monoisotopic (exact) mass is 381 g/mol. The third-order valence-electron chi connectivity index (χ3n) is 5.43. The highest BCUT2D eigenvalue weighted by Crippen LogP contribution is 2.28. The molecule has 1 aliphatic rings. The molecule has 1 N–H and O–H groups in total. The van der Waals surface area contributed by atoms with Gasteiger partial charge in [-0.3, -0.25) is 4.79 Å². The van der Waals surface area contributed by atoms with Crippen molar-refractivity contribution >= 4 is 17.3 Å². The van der Waals surface area contributed by atoms with Gasteiger partial charge in [-0.1, -0.05) is 26.0 Å². The molecule has 1 unspecified atom stereocenters. The summed E-state index contributed by atoms with van der Waals surface area (Å²) < 4.78 is 5.23. The number of nitrogens with one attached hydrogen (secondary N) is 1. The third-order valence-corrected chi connectivity index (χ3v) is 5.43. The third kappa shape index (κ3) is 4.84. The number of nitrogens with zero attached hydrogens (tertiary/aromatic N) is 2. The Morgan fingerprint density at radius 1 is 0.964 bits per heavy atom. The molecule has 3 rings (SSSR count). The molecule has 2 aromatic rings. The van der Waals surface area contributed by atoms with E-state index in [4.69, 9.17) is 4.74 Å². The van der Waals surface area contributed by atoms with Crippen LogP contribution >= 0.6 is 0 Å². The Morgan fingerprint density at radius 2 is 1.57 bits per heavy atom. The topological polar surface area (TPSA) is 44.8 Å². The van der Waals surface area contributed by atoms with Gasteiger partial charge in [0.15, 0.2) is 0 Å². The minimum Gasteiger partial charge on any atom is -0.497 e. The van der Waals surface area contributed by atoms with Crippen molar-refractivity contribution in [3.63, 3.8) is 0 Å². The molecule has 0 aromatic heterocycles. The number of carbonyl (C=O) groups excluding carboxylic acids is 1. The van der Waals surface area contributed by atoms with Crippen LogP contribution in [-0.2, 0) is 4.79 Å². The summed E-state index contributed by atoms with van der Waals surface area (Å²) >= 11 is 0. The van der Waals surface area contributed by atoms with Gasteiger partial charge in [-0.05, 0) is 54.9 Å². The highest BCUT2D eigenvalue weighted by molar-refractivity contribution is 5.96. The van der Waals surface area contributed by atoms with Crippen molar-refractivity contribution in [1.29, 1.82) is 0 Å². The number of carbonyl (C=O) groups is 1. The summed E-state index contributed by atoms with van der Waals surface area (Å²) in [7, 11) is 3.80. The van der Waals surface area contributed by atoms with Crippen LogP contribution in [0, 0.1) is 5.92 Å². The summed E-state index contributed by atoms with van der Waals surface area (Å²) in [4.78, 5) is 17.7. The van der Waals surface area contributed by atoms with Crippen molar-refractivity contribution in [3.05, 3.63) is 54.1 Å². The zero-order chi connectivity index (χ0) is 20.1. The van der Waals surface area contributed by atoms with Crippen LogP contribution in [0.25, 0.3) is 0 Å². The second-order valence-electron chi connectivity index (χ2n) is 7.82. The first-order chi connectivity index (χ1) is 13.5. The molecule has 1 amide bonds. The maximum atomic E-state index is 13.0. The Kier molecular flexibility index (Phi) is 6.57. The van der Waals surface area contributed by atoms with Gasteiger partial charge in [-0.2, -0.15) is 0 Å². The van der Waals surface area contributed by atoms with E-state index in [0.717, 1.165) is 43.2 Å². The van der Waals surface area contributed by atoms with E-state index in [0.29, 0.717) is 0 Å². The number of rotatable bonds is 6. The first kappa shape index (κ1) is 20.2. The van der Waals surface area contributed by atoms with Crippen molar-refractivity contribution in [2.24, 2.45) is 5.92 Å². The van der Waals surface area contributed by atoms with E-state index in [1.165, 1.54) is 5.69 Å². The normalized spacial score (nSPS) is 16.1. The van der Waals surface area contributed by atoms with Crippen LogP contribution in [0.15, 0.2) is 48.5 Å². The maximum Gasteiger partial charge on any atom is 0.232 e. The van der Waals surface area contributed by atoms with Crippen molar-refractivity contribution in [3.8, 4) is 5.75 Å². The summed E-state index contributed by atoms with van der Waals surface area (Å²) in [6, 6.07) is 15.9. The maximum absolute atomic E-state index is 13.0. The van der Waals surface area contributed by atoms with Crippen LogP contribution in [-0.4, -0.2) is 51.1 Å². The second-order valence-corrected chi connectivity index (χ2v) is 7.82. The van der Waals surface area contributed by atoms with Gasteiger partial charge in [0.05, 0.1) is 13.0 Å². The lowest BCUT2D eigenvalue weighted by Gasteiger charge is -2.34. The van der Waals surface area contributed by atoms with Gasteiger partial charge in [0.1, 0.15) is 5.75 Å². The van der Waals surface area contributed by atoms with E-state index < -0.39 is 0 Å². The van der Waals surface area contributed by atoms with E-state index in [1.54, 1.807) is 7.11 Å². The number of benzene rings is 2. The van der Waals surface area contributed by atoms with Gasteiger partial charge >= 0.3 is 0 Å². The van der Waals surface area contributed by atoms with E-state index in [1.807, 2.05) is 36.4 Å². The highest BCUT2D eigenvalue weighted by atomic mass is 16.5. The number of likely N-dealkylation sites (N-methyl/N-ethyl adjacent to an activating group) is 1. The predicted molar refractivity (Wildman–Crippen MR) is 115 cm³/mol. The molecular formula is C23H31N3O2. The molecule has 28 heavy (non-hydrogen) atoms. The average molecular weight is 382 g/mol. The lowest BCUT2D eigenvalue weighted by atomic mass is 9.87. The molecule has 0 saturated carbocycles. The number of hydrogen-bond acceptors (Lipinski definition) is 4. The SMILES string of the molecule is COc1ccc(C(C(=O)Nc2ccc(N3CCN(C)CC3)cc2)C(C)C)cc1. The molecule has 0 aliphatic carbocycles. The van der Waals surface area contributed by atoms with E-state index >= 15 is 0 Å². The van der Waals surface area contributed by atoms with Gasteiger partial charge < -0.3 is 19.9 Å². The number of ether oxygens (including phenoxy) is 1. The number of piperazine rings is 1. The molecular weight excluding hydrogens is 350 g/mol. The molecule has 5 nitrogen and oxygen atoms in total. The Bertz CT molecular complexity index is 763. The molecule has 0 spiro atoms. The molecule has 1 aliphatic heterocycles. The van der Waals surface area contributed by atoms with Crippen molar-refractivity contribution in [1.82, 2.24) is 4.90 Å². The van der Waals surface area contributed by atoms with E-state index in [9.17, 15) is 4.79 Å². The second kappa shape index (κ2) is 9.11. The number of methoxy groups -OCH3 is 1. The first-order valence-corrected chi connectivity index (χ1v) is 9.96. The Hall–Kier alpha value is -2.53. The number of amides is 1. The highest BCUT2D eigenvalue weighted by Gasteiger charge is 2.24. The largest absolute Gasteiger partial charge is 0.497 e. The van der Waals surface area contributed by atoms with Crippen molar-refractivity contribution in [2.45, 2.75) is 19.8 Å². The first-order valence-electron chi connectivity index (χ1n) is 9.96. The zero-order valence-corrected chi connectivity index (χ0v) is 17.3. The van der Waals surface area contributed by atoms with Crippen LogP contribution in [0.2, 0.25) is 0 Å². The van der Waals surface area contributed by atoms with Crippen LogP contribution in [0.3, 0.4) is 0 Å². The fourth-order valence-corrected chi connectivity index (χ4v) is 3.69. The van der Waals surface area contributed by atoms with E-state index in [-0.39, 0.29) is 17.7 Å². The molecule has 1 heterocycles. The molecule has 1 atom stereocenters. The molecule has 0 radical (unpaired) electrons. The quantitative estimate of drug-likeness (QED) is 0.826. The van der Waals surface area contributed by atoms with Crippen molar-refractivity contribution < 1.29 is 9.53 Å². The van der Waals surface area contributed by atoms with Crippen LogP contribution < -0.4 is 15.0 Å². The summed E-state index contributed by atoms with van der Waals surface area (Å²) in [5.41, 5.74) is 3.05. The Morgan fingerprint density at radius 3 is 2.11 bits per heavy atom. The van der Waals surface area contributed by atoms with Crippen molar-refractivity contribution in [2.75, 3.05) is 50.6 Å². The lowest BCUT2D eigenvalue weighted by Crippen LogP contribution is -2.44. The van der Waals surface area contributed by atoms with Gasteiger partial charge in [-0.15, -0.1) is 0 Å². The summed E-state index contributed by atoms with van der Waals surface area (Å²) in [5, 5.41) is 3.09. The van der Waals surface area contributed by atoms with Crippen LogP contribution in [0.5, 0.6) is 5.75 Å². The average Bonchev–Trinajstić information content (AvgIpc) is 2.69. The van der Waals surface area contributed by atoms with Crippen LogP contribution in [0.4, 0.5) is 11.4 Å². The number of anilines is 2. The van der Waals surface area contributed by atoms with Gasteiger partial charge in [0.25, 0.3) is 0 Å². The smallest absolute Gasteiger partial charge is 0.232 e. The fourth-order valence-electron chi connectivity index (χ4n) is 3.69. The Labute approximate surface area is 168 Å². The summed E-state index contributed by atoms with van der Waals surface area (Å²) in [5.74, 6) is 0.805. The molecule has 1 saturated heterocycles. The minimum atomic E-state index is -0.205. The summed E-state index contributed by atoms with van der Waals surface area (Å²) in [6.07, 6.45) is 0.